The zero-order chi connectivity index (χ0) is 21.1. The number of piperidine rings is 1. The van der Waals surface area contributed by atoms with Crippen molar-refractivity contribution in [3.05, 3.63) is 52.4 Å². The Hall–Kier alpha value is -3.07. The number of aromatic nitrogens is 5. The molecule has 0 spiro atoms. The van der Waals surface area contributed by atoms with E-state index in [2.05, 4.69) is 37.2 Å². The second-order valence-corrected chi connectivity index (χ2v) is 8.68. The van der Waals surface area contributed by atoms with Crippen LogP contribution in [0.4, 0.5) is 10.9 Å². The summed E-state index contributed by atoms with van der Waals surface area (Å²) in [5.74, 6) is 1.65. The highest BCUT2D eigenvalue weighted by molar-refractivity contribution is 7.15. The molecule has 156 valence electrons. The fraction of sp³-hybridized carbons (Fsp3) is 0.381. The third-order valence-electron chi connectivity index (χ3n) is 5.20. The van der Waals surface area contributed by atoms with E-state index < -0.39 is 0 Å². The number of nitrogens with one attached hydrogen (secondary N) is 2. The molecule has 4 heterocycles. The molecule has 0 aliphatic carbocycles. The summed E-state index contributed by atoms with van der Waals surface area (Å²) in [6, 6.07) is 1.98. The predicted molar refractivity (Wildman–Crippen MR) is 118 cm³/mol. The van der Waals surface area contributed by atoms with Gasteiger partial charge in [-0.2, -0.15) is 0 Å². The van der Waals surface area contributed by atoms with Crippen LogP contribution >= 0.6 is 11.3 Å². The van der Waals surface area contributed by atoms with Crippen molar-refractivity contribution in [3.63, 3.8) is 0 Å². The van der Waals surface area contributed by atoms with Gasteiger partial charge in [-0.05, 0) is 39.7 Å². The Balaban J connectivity index is 1.47. The maximum Gasteiger partial charge on any atom is 0.246 e. The van der Waals surface area contributed by atoms with Gasteiger partial charge in [0.15, 0.2) is 5.13 Å². The second-order valence-electron chi connectivity index (χ2n) is 7.47. The second kappa shape index (κ2) is 8.74. The monoisotopic (exact) mass is 423 g/mol. The quantitative estimate of drug-likeness (QED) is 0.607. The van der Waals surface area contributed by atoms with Gasteiger partial charge in [0, 0.05) is 36.0 Å². The molecule has 0 radical (unpaired) electrons. The SMILES string of the molecule is Cc1nc(Nc2nc(C)c(C)s2)cc(C2CCCN(C(=O)/C=C/c3cnc[nH]3)C2)n1. The minimum Gasteiger partial charge on any atom is -0.345 e. The van der Waals surface area contributed by atoms with E-state index >= 15 is 0 Å². The molecule has 1 aliphatic rings. The lowest BCUT2D eigenvalue weighted by Crippen LogP contribution is -2.38. The van der Waals surface area contributed by atoms with E-state index in [-0.39, 0.29) is 11.8 Å². The summed E-state index contributed by atoms with van der Waals surface area (Å²) in [4.78, 5) is 36.4. The third-order valence-corrected chi connectivity index (χ3v) is 6.19. The maximum atomic E-state index is 12.6. The number of hydrogen-bond acceptors (Lipinski definition) is 7. The van der Waals surface area contributed by atoms with Crippen molar-refractivity contribution in [1.29, 1.82) is 0 Å². The number of aryl methyl sites for hydroxylation is 3. The average Bonchev–Trinajstić information content (AvgIpc) is 3.35. The number of carbonyl (C=O) groups is 1. The van der Waals surface area contributed by atoms with E-state index in [4.69, 9.17) is 0 Å². The van der Waals surface area contributed by atoms with Crippen molar-refractivity contribution in [2.75, 3.05) is 18.4 Å². The molecule has 1 amide bonds. The van der Waals surface area contributed by atoms with Crippen molar-refractivity contribution in [2.45, 2.75) is 39.5 Å². The van der Waals surface area contributed by atoms with Gasteiger partial charge in [-0.25, -0.2) is 19.9 Å². The Kier molecular flexibility index (Phi) is 5.89. The summed E-state index contributed by atoms with van der Waals surface area (Å²) < 4.78 is 0. The predicted octanol–water partition coefficient (Wildman–Crippen LogP) is 3.74. The summed E-state index contributed by atoms with van der Waals surface area (Å²) in [5, 5.41) is 4.14. The van der Waals surface area contributed by atoms with Crippen molar-refractivity contribution in [3.8, 4) is 0 Å². The first kappa shape index (κ1) is 20.2. The van der Waals surface area contributed by atoms with Crippen LogP contribution in [-0.2, 0) is 4.79 Å². The Morgan fingerprint density at radius 3 is 2.90 bits per heavy atom. The van der Waals surface area contributed by atoms with Crippen molar-refractivity contribution in [1.82, 2.24) is 29.8 Å². The number of carbonyl (C=O) groups excluding carboxylic acids is 1. The van der Waals surface area contributed by atoms with Gasteiger partial charge in [-0.1, -0.05) is 0 Å². The molecule has 1 aliphatic heterocycles. The van der Waals surface area contributed by atoms with E-state index in [9.17, 15) is 4.79 Å². The molecule has 1 saturated heterocycles. The minimum atomic E-state index is 0.00663. The molecule has 0 saturated carbocycles. The number of likely N-dealkylation sites (tertiary alicyclic amines) is 1. The third kappa shape index (κ3) is 4.73. The van der Waals surface area contributed by atoms with Crippen LogP contribution in [0, 0.1) is 20.8 Å². The molecule has 0 aromatic carbocycles. The highest BCUT2D eigenvalue weighted by atomic mass is 32.1. The highest BCUT2D eigenvalue weighted by Gasteiger charge is 2.25. The molecule has 1 unspecified atom stereocenters. The van der Waals surface area contributed by atoms with Crippen LogP contribution in [0.5, 0.6) is 0 Å². The van der Waals surface area contributed by atoms with Gasteiger partial charge in [0.05, 0.1) is 29.6 Å². The van der Waals surface area contributed by atoms with Gasteiger partial charge in [-0.3, -0.25) is 4.79 Å². The van der Waals surface area contributed by atoms with Gasteiger partial charge < -0.3 is 15.2 Å². The Morgan fingerprint density at radius 2 is 2.17 bits per heavy atom. The number of rotatable bonds is 5. The maximum absolute atomic E-state index is 12.6. The molecule has 3 aromatic heterocycles. The van der Waals surface area contributed by atoms with Crippen LogP contribution < -0.4 is 5.32 Å². The lowest BCUT2D eigenvalue weighted by molar-refractivity contribution is -0.127. The molecule has 0 bridgehead atoms. The molecule has 3 aromatic rings. The lowest BCUT2D eigenvalue weighted by Gasteiger charge is -2.32. The van der Waals surface area contributed by atoms with E-state index in [1.54, 1.807) is 36.0 Å². The Bertz CT molecular complexity index is 1040. The van der Waals surface area contributed by atoms with Crippen LogP contribution in [-0.4, -0.2) is 48.8 Å². The number of nitrogens with zero attached hydrogens (tertiary/aromatic N) is 5. The zero-order valence-corrected chi connectivity index (χ0v) is 18.2. The van der Waals surface area contributed by atoms with Crippen LogP contribution in [0.1, 0.15) is 46.5 Å². The van der Waals surface area contributed by atoms with E-state index in [1.807, 2.05) is 24.8 Å². The van der Waals surface area contributed by atoms with Gasteiger partial charge >= 0.3 is 0 Å². The number of imidazole rings is 1. The van der Waals surface area contributed by atoms with Crippen molar-refractivity contribution < 1.29 is 4.79 Å². The van der Waals surface area contributed by atoms with Crippen molar-refractivity contribution in [2.24, 2.45) is 0 Å². The Labute approximate surface area is 179 Å². The van der Waals surface area contributed by atoms with Crippen LogP contribution in [0.3, 0.4) is 0 Å². The van der Waals surface area contributed by atoms with Gasteiger partial charge in [0.25, 0.3) is 0 Å². The standard InChI is InChI=1S/C21H25N7OS/c1-13-14(2)30-21(24-13)27-19-9-18(25-15(3)26-19)16-5-4-8-28(11-16)20(29)7-6-17-10-22-12-23-17/h6-7,9-10,12,16H,4-5,8,11H2,1-3H3,(H,22,23)(H,24,25,26,27)/b7-6+. The largest absolute Gasteiger partial charge is 0.345 e. The first-order chi connectivity index (χ1) is 14.5. The molecular formula is C21H25N7OS. The fourth-order valence-corrected chi connectivity index (χ4v) is 4.36. The normalized spacial score (nSPS) is 16.9. The van der Waals surface area contributed by atoms with Crippen LogP contribution in [0.2, 0.25) is 0 Å². The van der Waals surface area contributed by atoms with Crippen LogP contribution in [0.25, 0.3) is 6.08 Å². The lowest BCUT2D eigenvalue weighted by atomic mass is 9.94. The van der Waals surface area contributed by atoms with Gasteiger partial charge in [0.2, 0.25) is 5.91 Å². The molecule has 2 N–H and O–H groups in total. The smallest absolute Gasteiger partial charge is 0.246 e. The molecular weight excluding hydrogens is 398 g/mol. The number of thiazole rings is 1. The van der Waals surface area contributed by atoms with E-state index in [1.165, 1.54) is 4.88 Å². The van der Waals surface area contributed by atoms with Gasteiger partial charge in [-0.15, -0.1) is 11.3 Å². The molecule has 1 fully saturated rings. The number of amides is 1. The number of aromatic amines is 1. The van der Waals surface area contributed by atoms with Crippen molar-refractivity contribution >= 4 is 34.3 Å². The topological polar surface area (TPSA) is 99.7 Å². The van der Waals surface area contributed by atoms with Gasteiger partial charge in [0.1, 0.15) is 11.6 Å². The number of anilines is 2. The molecule has 30 heavy (non-hydrogen) atoms. The summed E-state index contributed by atoms with van der Waals surface area (Å²) in [5.41, 5.74) is 2.80. The first-order valence-corrected chi connectivity index (χ1v) is 10.8. The molecule has 8 nitrogen and oxygen atoms in total. The Morgan fingerprint density at radius 1 is 1.30 bits per heavy atom. The van der Waals surface area contributed by atoms with E-state index in [0.29, 0.717) is 12.4 Å². The van der Waals surface area contributed by atoms with Crippen LogP contribution in [0.15, 0.2) is 24.7 Å². The zero-order valence-electron chi connectivity index (χ0n) is 17.3. The summed E-state index contributed by atoms with van der Waals surface area (Å²) in [6.07, 6.45) is 8.59. The van der Waals surface area contributed by atoms with E-state index in [0.717, 1.165) is 47.4 Å². The average molecular weight is 424 g/mol. The summed E-state index contributed by atoms with van der Waals surface area (Å²) >= 11 is 1.61. The fourth-order valence-electron chi connectivity index (χ4n) is 3.54. The molecule has 4 rings (SSSR count). The summed E-state index contributed by atoms with van der Waals surface area (Å²) in [6.45, 7) is 7.37. The summed E-state index contributed by atoms with van der Waals surface area (Å²) in [7, 11) is 0. The first-order valence-electron chi connectivity index (χ1n) is 10.00. The highest BCUT2D eigenvalue weighted by Crippen LogP contribution is 2.29. The minimum absolute atomic E-state index is 0.00663. The molecule has 9 heteroatoms. The number of H-pyrrole nitrogens is 1. The number of hydrogen-bond donors (Lipinski definition) is 2. The molecule has 1 atom stereocenters.